The van der Waals surface area contributed by atoms with Crippen LogP contribution >= 0.6 is 0 Å². The average Bonchev–Trinajstić information content (AvgIpc) is 2.64. The average molecular weight is 200 g/mol. The Balaban J connectivity index is 2.60. The molecular formula is C13H16N2. The number of rotatable bonds is 2. The first kappa shape index (κ1) is 9.97. The van der Waals surface area contributed by atoms with Gasteiger partial charge < -0.3 is 4.57 Å². The van der Waals surface area contributed by atoms with Crippen molar-refractivity contribution in [3.05, 3.63) is 41.7 Å². The van der Waals surface area contributed by atoms with E-state index in [-0.39, 0.29) is 0 Å². The fraction of sp³-hybridized carbons (Fsp3) is 0.308. The van der Waals surface area contributed by atoms with Crippen LogP contribution in [-0.2, 0) is 13.5 Å². The Bertz CT molecular complexity index is 469. The van der Waals surface area contributed by atoms with E-state index < -0.39 is 0 Å². The lowest BCUT2D eigenvalue weighted by molar-refractivity contribution is 0.920. The normalized spacial score (nSPS) is 10.6. The van der Waals surface area contributed by atoms with Gasteiger partial charge >= 0.3 is 0 Å². The molecule has 0 atom stereocenters. The van der Waals surface area contributed by atoms with Crippen LogP contribution in [0.4, 0.5) is 0 Å². The molecule has 0 spiro atoms. The molecule has 15 heavy (non-hydrogen) atoms. The molecule has 78 valence electrons. The monoisotopic (exact) mass is 200 g/mol. The van der Waals surface area contributed by atoms with Gasteiger partial charge in [0.15, 0.2) is 0 Å². The van der Waals surface area contributed by atoms with E-state index in [9.17, 15) is 0 Å². The minimum atomic E-state index is 1.04. The molecule has 0 aliphatic heterocycles. The van der Waals surface area contributed by atoms with Gasteiger partial charge in [-0.3, -0.25) is 0 Å². The van der Waals surface area contributed by atoms with Crippen LogP contribution in [0.3, 0.4) is 0 Å². The molecule has 2 heteroatoms. The van der Waals surface area contributed by atoms with Gasteiger partial charge in [-0.05, 0) is 25.0 Å². The molecule has 2 aromatic rings. The largest absolute Gasteiger partial charge is 0.334 e. The van der Waals surface area contributed by atoms with Gasteiger partial charge in [0.25, 0.3) is 0 Å². The topological polar surface area (TPSA) is 17.8 Å². The Morgan fingerprint density at radius 3 is 2.73 bits per heavy atom. The fourth-order valence-corrected chi connectivity index (χ4v) is 1.83. The predicted octanol–water partition coefficient (Wildman–Crippen LogP) is 2.96. The van der Waals surface area contributed by atoms with Crippen LogP contribution in [0.2, 0.25) is 0 Å². The number of aromatic nitrogens is 2. The number of nitrogens with zero attached hydrogens (tertiary/aromatic N) is 2. The molecule has 0 saturated carbocycles. The number of hydrogen-bond acceptors (Lipinski definition) is 1. The van der Waals surface area contributed by atoms with Gasteiger partial charge in [0, 0.05) is 25.0 Å². The standard InChI is InChI=1S/C13H16N2/c1-4-11-6-5-10(2)9-12(11)13-14-7-8-15(13)3/h5-9H,4H2,1-3H3. The van der Waals surface area contributed by atoms with Crippen LogP contribution < -0.4 is 0 Å². The van der Waals surface area contributed by atoms with E-state index in [1.165, 1.54) is 16.7 Å². The lowest BCUT2D eigenvalue weighted by Gasteiger charge is -2.08. The van der Waals surface area contributed by atoms with Crippen molar-refractivity contribution in [2.24, 2.45) is 7.05 Å². The van der Waals surface area contributed by atoms with Crippen LogP contribution in [0.15, 0.2) is 30.6 Å². The van der Waals surface area contributed by atoms with Crippen LogP contribution in [-0.4, -0.2) is 9.55 Å². The molecule has 0 unspecified atom stereocenters. The summed E-state index contributed by atoms with van der Waals surface area (Å²) in [5.41, 5.74) is 3.89. The molecule has 1 aromatic heterocycles. The third-order valence-corrected chi connectivity index (χ3v) is 2.71. The Morgan fingerprint density at radius 1 is 1.33 bits per heavy atom. The molecule has 0 amide bonds. The van der Waals surface area contributed by atoms with E-state index in [1.807, 2.05) is 19.4 Å². The zero-order valence-electron chi connectivity index (χ0n) is 9.49. The summed E-state index contributed by atoms with van der Waals surface area (Å²) in [7, 11) is 2.03. The number of hydrogen-bond donors (Lipinski definition) is 0. The minimum Gasteiger partial charge on any atom is -0.334 e. The second kappa shape index (κ2) is 3.89. The maximum absolute atomic E-state index is 4.40. The molecule has 0 radical (unpaired) electrons. The summed E-state index contributed by atoms with van der Waals surface area (Å²) >= 11 is 0. The van der Waals surface area contributed by atoms with Crippen LogP contribution in [0, 0.1) is 6.92 Å². The van der Waals surface area contributed by atoms with Crippen LogP contribution in [0.5, 0.6) is 0 Å². The zero-order chi connectivity index (χ0) is 10.8. The summed E-state index contributed by atoms with van der Waals surface area (Å²) in [6.45, 7) is 4.29. The van der Waals surface area contributed by atoms with E-state index in [1.54, 1.807) is 0 Å². The van der Waals surface area contributed by atoms with Crippen molar-refractivity contribution in [2.45, 2.75) is 20.3 Å². The Labute approximate surface area is 90.6 Å². The maximum Gasteiger partial charge on any atom is 0.139 e. The second-order valence-electron chi connectivity index (χ2n) is 3.88. The first-order chi connectivity index (χ1) is 7.22. The lowest BCUT2D eigenvalue weighted by atomic mass is 10.0. The molecule has 0 aliphatic rings. The summed E-state index contributed by atoms with van der Waals surface area (Å²) in [4.78, 5) is 4.40. The smallest absolute Gasteiger partial charge is 0.139 e. The first-order valence-electron chi connectivity index (χ1n) is 5.29. The van der Waals surface area contributed by atoms with Crippen LogP contribution in [0.25, 0.3) is 11.4 Å². The van der Waals surface area contributed by atoms with E-state index in [0.717, 1.165) is 12.2 Å². The van der Waals surface area contributed by atoms with Gasteiger partial charge in [-0.15, -0.1) is 0 Å². The van der Waals surface area contributed by atoms with Crippen molar-refractivity contribution in [3.8, 4) is 11.4 Å². The molecule has 0 aliphatic carbocycles. The van der Waals surface area contributed by atoms with Crippen molar-refractivity contribution >= 4 is 0 Å². The predicted molar refractivity (Wildman–Crippen MR) is 62.8 cm³/mol. The van der Waals surface area contributed by atoms with Gasteiger partial charge in [-0.25, -0.2) is 4.98 Å². The van der Waals surface area contributed by atoms with Gasteiger partial charge in [-0.2, -0.15) is 0 Å². The summed E-state index contributed by atoms with van der Waals surface area (Å²) in [6, 6.07) is 6.56. The van der Waals surface area contributed by atoms with Gasteiger partial charge in [0.2, 0.25) is 0 Å². The van der Waals surface area contributed by atoms with Gasteiger partial charge in [0.1, 0.15) is 5.82 Å². The molecule has 0 N–H and O–H groups in total. The number of benzene rings is 1. The minimum absolute atomic E-state index is 1.04. The molecule has 0 fully saturated rings. The summed E-state index contributed by atoms with van der Waals surface area (Å²) in [5.74, 6) is 1.05. The van der Waals surface area contributed by atoms with Crippen molar-refractivity contribution in [3.63, 3.8) is 0 Å². The van der Waals surface area contributed by atoms with E-state index in [2.05, 4.69) is 41.6 Å². The summed E-state index contributed by atoms with van der Waals surface area (Å²) in [5, 5.41) is 0. The van der Waals surface area contributed by atoms with E-state index in [4.69, 9.17) is 0 Å². The SMILES string of the molecule is CCc1ccc(C)cc1-c1nccn1C. The van der Waals surface area contributed by atoms with E-state index in [0.29, 0.717) is 0 Å². The number of imidazole rings is 1. The molecule has 1 heterocycles. The quantitative estimate of drug-likeness (QED) is 0.728. The fourth-order valence-electron chi connectivity index (χ4n) is 1.83. The van der Waals surface area contributed by atoms with Crippen molar-refractivity contribution in [1.29, 1.82) is 0 Å². The molecule has 2 rings (SSSR count). The van der Waals surface area contributed by atoms with Crippen molar-refractivity contribution < 1.29 is 0 Å². The highest BCUT2D eigenvalue weighted by Crippen LogP contribution is 2.23. The van der Waals surface area contributed by atoms with Crippen molar-refractivity contribution in [1.82, 2.24) is 9.55 Å². The van der Waals surface area contributed by atoms with Crippen molar-refractivity contribution in [2.75, 3.05) is 0 Å². The Kier molecular flexibility index (Phi) is 2.58. The number of aryl methyl sites for hydroxylation is 3. The van der Waals surface area contributed by atoms with Crippen LogP contribution in [0.1, 0.15) is 18.1 Å². The highest BCUT2D eigenvalue weighted by Gasteiger charge is 2.07. The summed E-state index contributed by atoms with van der Waals surface area (Å²) in [6.07, 6.45) is 4.87. The third-order valence-electron chi connectivity index (χ3n) is 2.71. The molecule has 0 saturated heterocycles. The Hall–Kier alpha value is -1.57. The van der Waals surface area contributed by atoms with Gasteiger partial charge in [-0.1, -0.05) is 24.6 Å². The molecular weight excluding hydrogens is 184 g/mol. The summed E-state index contributed by atoms with van der Waals surface area (Å²) < 4.78 is 2.06. The van der Waals surface area contributed by atoms with E-state index >= 15 is 0 Å². The maximum atomic E-state index is 4.40. The second-order valence-corrected chi connectivity index (χ2v) is 3.88. The lowest BCUT2D eigenvalue weighted by Crippen LogP contribution is -1.96. The van der Waals surface area contributed by atoms with Gasteiger partial charge in [0.05, 0.1) is 0 Å². The molecule has 1 aromatic carbocycles. The Morgan fingerprint density at radius 2 is 2.13 bits per heavy atom. The highest BCUT2D eigenvalue weighted by atomic mass is 15.0. The molecule has 2 nitrogen and oxygen atoms in total. The zero-order valence-corrected chi connectivity index (χ0v) is 9.49. The third kappa shape index (κ3) is 1.80. The molecule has 0 bridgehead atoms. The highest BCUT2D eigenvalue weighted by molar-refractivity contribution is 5.61. The first-order valence-corrected chi connectivity index (χ1v) is 5.29.